The molecule has 34 heavy (non-hydrogen) atoms. The van der Waals surface area contributed by atoms with Crippen LogP contribution in [0.25, 0.3) is 22.2 Å². The number of carbonyl (C=O) groups excluding carboxylic acids is 1. The van der Waals surface area contributed by atoms with E-state index in [0.717, 1.165) is 11.3 Å². The van der Waals surface area contributed by atoms with Crippen LogP contribution in [0.4, 0.5) is 11.4 Å². The number of amides is 1. The van der Waals surface area contributed by atoms with E-state index in [2.05, 4.69) is 9.88 Å². The van der Waals surface area contributed by atoms with E-state index in [1.54, 1.807) is 36.7 Å². The molecule has 170 valence electrons. The highest BCUT2D eigenvalue weighted by Gasteiger charge is 2.25. The molecule has 1 fully saturated rings. The third kappa shape index (κ3) is 4.27. The lowest BCUT2D eigenvalue weighted by atomic mass is 10.0. The Morgan fingerprint density at radius 2 is 1.65 bits per heavy atom. The van der Waals surface area contributed by atoms with Crippen LogP contribution in [0.1, 0.15) is 10.4 Å². The van der Waals surface area contributed by atoms with Gasteiger partial charge in [0.1, 0.15) is 0 Å². The van der Waals surface area contributed by atoms with Crippen molar-refractivity contribution in [2.75, 3.05) is 31.1 Å². The zero-order chi connectivity index (χ0) is 23.7. The predicted octanol–water partition coefficient (Wildman–Crippen LogP) is 4.82. The van der Waals surface area contributed by atoms with Crippen molar-refractivity contribution in [1.29, 1.82) is 0 Å². The number of piperazine rings is 1. The molecule has 2 aromatic heterocycles. The minimum atomic E-state index is -0.411. The van der Waals surface area contributed by atoms with Crippen molar-refractivity contribution >= 4 is 39.8 Å². The number of nitro benzene ring substituents is 1. The van der Waals surface area contributed by atoms with Crippen molar-refractivity contribution in [2.24, 2.45) is 0 Å². The quantitative estimate of drug-likeness (QED) is 0.311. The molecule has 1 aliphatic rings. The van der Waals surface area contributed by atoms with E-state index in [4.69, 9.17) is 16.6 Å². The second-order valence-electron chi connectivity index (χ2n) is 8.01. The standard InChI is InChI=1S/C25H20ClN5O3/c26-18-1-6-23-21(15-18)22(16-24(28-23)17-7-9-27-10-8-17)25(32)30-13-11-29(12-14-30)19-2-4-20(5-3-19)31(33)34/h1-10,15-16H,11-14H2. The molecule has 0 saturated carbocycles. The molecule has 1 saturated heterocycles. The van der Waals surface area contributed by atoms with Gasteiger partial charge in [0.25, 0.3) is 11.6 Å². The fraction of sp³-hybridized carbons (Fsp3) is 0.160. The number of halogens is 1. The van der Waals surface area contributed by atoms with Gasteiger partial charge in [0.15, 0.2) is 0 Å². The molecule has 0 aliphatic carbocycles. The molecule has 9 heteroatoms. The van der Waals surface area contributed by atoms with E-state index in [0.29, 0.717) is 53.4 Å². The van der Waals surface area contributed by atoms with E-state index in [1.807, 2.05) is 29.2 Å². The molecule has 0 radical (unpaired) electrons. The van der Waals surface area contributed by atoms with Crippen LogP contribution in [-0.4, -0.2) is 51.9 Å². The van der Waals surface area contributed by atoms with Gasteiger partial charge in [0.2, 0.25) is 0 Å². The highest BCUT2D eigenvalue weighted by molar-refractivity contribution is 6.31. The van der Waals surface area contributed by atoms with Gasteiger partial charge in [-0.2, -0.15) is 0 Å². The number of hydrogen-bond donors (Lipinski definition) is 0. The Balaban J connectivity index is 1.41. The first-order valence-corrected chi connectivity index (χ1v) is 11.2. The van der Waals surface area contributed by atoms with Gasteiger partial charge in [-0.25, -0.2) is 4.98 Å². The van der Waals surface area contributed by atoms with Crippen molar-refractivity contribution in [3.05, 3.63) is 93.8 Å². The van der Waals surface area contributed by atoms with E-state index < -0.39 is 4.92 Å². The molecule has 2 aromatic carbocycles. The summed E-state index contributed by atoms with van der Waals surface area (Å²) >= 11 is 6.25. The molecular formula is C25H20ClN5O3. The Morgan fingerprint density at radius 3 is 2.32 bits per heavy atom. The van der Waals surface area contributed by atoms with E-state index in [-0.39, 0.29) is 11.6 Å². The summed E-state index contributed by atoms with van der Waals surface area (Å²) in [6.07, 6.45) is 3.39. The summed E-state index contributed by atoms with van der Waals surface area (Å²) in [5.74, 6) is -0.0756. The highest BCUT2D eigenvalue weighted by atomic mass is 35.5. The topological polar surface area (TPSA) is 92.5 Å². The molecule has 0 atom stereocenters. The van der Waals surface area contributed by atoms with Gasteiger partial charge in [-0.05, 0) is 48.5 Å². The minimum absolute atomic E-state index is 0.0609. The first kappa shape index (κ1) is 21.8. The number of hydrogen-bond acceptors (Lipinski definition) is 6. The smallest absolute Gasteiger partial charge is 0.269 e. The molecule has 3 heterocycles. The second kappa shape index (κ2) is 9.07. The van der Waals surface area contributed by atoms with E-state index >= 15 is 0 Å². The molecule has 5 rings (SSSR count). The molecule has 1 aliphatic heterocycles. The fourth-order valence-electron chi connectivity index (χ4n) is 4.17. The Morgan fingerprint density at radius 1 is 0.941 bits per heavy atom. The van der Waals surface area contributed by atoms with Crippen molar-refractivity contribution in [1.82, 2.24) is 14.9 Å². The van der Waals surface area contributed by atoms with Gasteiger partial charge < -0.3 is 9.80 Å². The summed E-state index contributed by atoms with van der Waals surface area (Å²) in [5.41, 5.74) is 3.80. The maximum Gasteiger partial charge on any atom is 0.269 e. The molecule has 0 bridgehead atoms. The van der Waals surface area contributed by atoms with Gasteiger partial charge in [0.05, 0.1) is 21.7 Å². The minimum Gasteiger partial charge on any atom is -0.368 e. The van der Waals surface area contributed by atoms with Crippen LogP contribution in [0.2, 0.25) is 5.02 Å². The van der Waals surface area contributed by atoms with Gasteiger partial charge in [-0.1, -0.05) is 11.6 Å². The Kier molecular flexibility index (Phi) is 5.81. The van der Waals surface area contributed by atoms with E-state index in [9.17, 15) is 14.9 Å². The summed E-state index contributed by atoms with van der Waals surface area (Å²) in [4.78, 5) is 36.9. The third-order valence-corrected chi connectivity index (χ3v) is 6.20. The lowest BCUT2D eigenvalue weighted by Gasteiger charge is -2.36. The monoisotopic (exact) mass is 473 g/mol. The first-order chi connectivity index (χ1) is 16.5. The van der Waals surface area contributed by atoms with Crippen LogP contribution in [0.5, 0.6) is 0 Å². The van der Waals surface area contributed by atoms with Crippen molar-refractivity contribution < 1.29 is 9.72 Å². The SMILES string of the molecule is O=C(c1cc(-c2ccncc2)nc2ccc(Cl)cc12)N1CCN(c2ccc([N+](=O)[O-])cc2)CC1. The number of non-ortho nitro benzene ring substituents is 1. The first-order valence-electron chi connectivity index (χ1n) is 10.8. The second-order valence-corrected chi connectivity index (χ2v) is 8.44. The maximum absolute atomic E-state index is 13.6. The number of aromatic nitrogens is 2. The van der Waals surface area contributed by atoms with E-state index in [1.165, 1.54) is 12.1 Å². The summed E-state index contributed by atoms with van der Waals surface area (Å²) in [6, 6.07) is 17.4. The zero-order valence-electron chi connectivity index (χ0n) is 18.1. The van der Waals surface area contributed by atoms with Crippen molar-refractivity contribution in [3.8, 4) is 11.3 Å². The van der Waals surface area contributed by atoms with Crippen LogP contribution in [0.15, 0.2) is 73.1 Å². The molecule has 0 spiro atoms. The van der Waals surface area contributed by atoms with Gasteiger partial charge >= 0.3 is 0 Å². The number of carbonyl (C=O) groups is 1. The van der Waals surface area contributed by atoms with Crippen LogP contribution in [-0.2, 0) is 0 Å². The summed E-state index contributed by atoms with van der Waals surface area (Å²) in [6.45, 7) is 2.32. The largest absolute Gasteiger partial charge is 0.368 e. The fourth-order valence-corrected chi connectivity index (χ4v) is 4.34. The Bertz CT molecular complexity index is 1370. The normalized spacial score (nSPS) is 13.8. The lowest BCUT2D eigenvalue weighted by molar-refractivity contribution is -0.384. The average molecular weight is 474 g/mol. The molecular weight excluding hydrogens is 454 g/mol. The van der Waals surface area contributed by atoms with Crippen LogP contribution < -0.4 is 4.90 Å². The highest BCUT2D eigenvalue weighted by Crippen LogP contribution is 2.28. The Hall–Kier alpha value is -4.04. The maximum atomic E-state index is 13.6. The van der Waals surface area contributed by atoms with Crippen LogP contribution in [0, 0.1) is 10.1 Å². The summed E-state index contributed by atoms with van der Waals surface area (Å²) in [7, 11) is 0. The zero-order valence-corrected chi connectivity index (χ0v) is 18.9. The average Bonchev–Trinajstić information content (AvgIpc) is 2.88. The van der Waals surface area contributed by atoms with Crippen molar-refractivity contribution in [3.63, 3.8) is 0 Å². The summed E-state index contributed by atoms with van der Waals surface area (Å²) < 4.78 is 0. The van der Waals surface area contributed by atoms with Crippen LogP contribution in [0.3, 0.4) is 0 Å². The van der Waals surface area contributed by atoms with Gasteiger partial charge in [-0.15, -0.1) is 0 Å². The number of fused-ring (bicyclic) bond motifs is 1. The molecule has 0 N–H and O–H groups in total. The molecule has 1 amide bonds. The van der Waals surface area contributed by atoms with Crippen LogP contribution >= 0.6 is 11.6 Å². The number of anilines is 1. The number of rotatable bonds is 4. The number of nitrogens with zero attached hydrogens (tertiary/aromatic N) is 5. The lowest BCUT2D eigenvalue weighted by Crippen LogP contribution is -2.48. The molecule has 0 unspecified atom stereocenters. The van der Waals surface area contributed by atoms with Gasteiger partial charge in [0, 0.05) is 72.4 Å². The summed E-state index contributed by atoms with van der Waals surface area (Å²) in [5, 5.41) is 12.2. The number of pyridine rings is 2. The van der Waals surface area contributed by atoms with Gasteiger partial charge in [-0.3, -0.25) is 19.9 Å². The molecule has 8 nitrogen and oxygen atoms in total. The number of benzene rings is 2. The third-order valence-electron chi connectivity index (χ3n) is 5.97. The predicted molar refractivity (Wildman–Crippen MR) is 131 cm³/mol. The number of nitro groups is 1. The molecule has 4 aromatic rings. The van der Waals surface area contributed by atoms with Crippen molar-refractivity contribution in [2.45, 2.75) is 0 Å². The Labute approximate surface area is 200 Å².